The summed E-state index contributed by atoms with van der Waals surface area (Å²) in [6.45, 7) is 1.56. The quantitative estimate of drug-likeness (QED) is 0.583. The lowest BCUT2D eigenvalue weighted by atomic mass is 10.1. The van der Waals surface area contributed by atoms with E-state index in [0.717, 1.165) is 37.8 Å². The standard InChI is InChI=1S/C24H22ClN3O4S/c1-33(31,32)19-8-9-20(21(25)14-19)23(29)27-18-6-4-5-16(13-18)22-10-7-17(15-26-22)24(30)28-11-2-3-12-28/h4-10,13-15H,2-3,11-12H2,1H3,(H,27,29). The van der Waals surface area contributed by atoms with Gasteiger partial charge in [-0.25, -0.2) is 8.42 Å². The summed E-state index contributed by atoms with van der Waals surface area (Å²) in [6.07, 6.45) is 4.71. The number of aromatic nitrogens is 1. The van der Waals surface area contributed by atoms with E-state index in [1.54, 1.807) is 36.5 Å². The van der Waals surface area contributed by atoms with Crippen molar-refractivity contribution in [3.63, 3.8) is 0 Å². The molecule has 0 atom stereocenters. The van der Waals surface area contributed by atoms with E-state index < -0.39 is 15.7 Å². The Labute approximate surface area is 197 Å². The van der Waals surface area contributed by atoms with E-state index in [-0.39, 0.29) is 21.4 Å². The summed E-state index contributed by atoms with van der Waals surface area (Å²) < 4.78 is 23.3. The van der Waals surface area contributed by atoms with Gasteiger partial charge in [0.2, 0.25) is 0 Å². The Hall–Kier alpha value is -3.23. The third kappa shape index (κ3) is 5.23. The van der Waals surface area contributed by atoms with Crippen LogP contribution in [-0.4, -0.2) is 49.5 Å². The van der Waals surface area contributed by atoms with Crippen LogP contribution in [0.4, 0.5) is 5.69 Å². The van der Waals surface area contributed by atoms with Crippen molar-refractivity contribution in [1.82, 2.24) is 9.88 Å². The lowest BCUT2D eigenvalue weighted by Crippen LogP contribution is -2.27. The molecule has 2 heterocycles. The van der Waals surface area contributed by atoms with Crippen LogP contribution in [-0.2, 0) is 9.84 Å². The molecular formula is C24H22ClN3O4S. The summed E-state index contributed by atoms with van der Waals surface area (Å²) in [4.78, 5) is 31.5. The number of carbonyl (C=O) groups excluding carboxylic acids is 2. The van der Waals surface area contributed by atoms with Gasteiger partial charge in [-0.1, -0.05) is 23.7 Å². The Morgan fingerprint density at radius 3 is 2.42 bits per heavy atom. The lowest BCUT2D eigenvalue weighted by Gasteiger charge is -2.15. The summed E-state index contributed by atoms with van der Waals surface area (Å²) in [7, 11) is -3.42. The third-order valence-corrected chi connectivity index (χ3v) is 6.86. The minimum Gasteiger partial charge on any atom is -0.339 e. The number of rotatable bonds is 5. The van der Waals surface area contributed by atoms with Gasteiger partial charge < -0.3 is 10.2 Å². The topological polar surface area (TPSA) is 96.4 Å². The molecule has 1 saturated heterocycles. The number of likely N-dealkylation sites (tertiary alicyclic amines) is 1. The Bertz CT molecular complexity index is 1320. The van der Waals surface area contributed by atoms with E-state index in [0.29, 0.717) is 16.9 Å². The van der Waals surface area contributed by atoms with Crippen molar-refractivity contribution in [3.8, 4) is 11.3 Å². The second kappa shape index (κ2) is 9.33. The van der Waals surface area contributed by atoms with Crippen LogP contribution in [0, 0.1) is 0 Å². The summed E-state index contributed by atoms with van der Waals surface area (Å²) >= 11 is 6.14. The zero-order chi connectivity index (χ0) is 23.6. The van der Waals surface area contributed by atoms with Crippen molar-refractivity contribution in [2.24, 2.45) is 0 Å². The van der Waals surface area contributed by atoms with E-state index in [1.165, 1.54) is 18.2 Å². The van der Waals surface area contributed by atoms with Gasteiger partial charge in [-0.3, -0.25) is 14.6 Å². The van der Waals surface area contributed by atoms with Crippen LogP contribution >= 0.6 is 11.6 Å². The molecule has 0 bridgehead atoms. The van der Waals surface area contributed by atoms with Gasteiger partial charge in [0.1, 0.15) is 0 Å². The largest absolute Gasteiger partial charge is 0.339 e. The number of benzene rings is 2. The normalized spacial score (nSPS) is 13.7. The van der Waals surface area contributed by atoms with Crippen LogP contribution in [0.25, 0.3) is 11.3 Å². The molecule has 1 aliphatic heterocycles. The maximum atomic E-state index is 12.7. The van der Waals surface area contributed by atoms with Crippen molar-refractivity contribution in [2.45, 2.75) is 17.7 Å². The average molecular weight is 484 g/mol. The molecule has 1 fully saturated rings. The van der Waals surface area contributed by atoms with Gasteiger partial charge in [-0.15, -0.1) is 0 Å². The number of sulfone groups is 1. The first kappa shape index (κ1) is 22.9. The SMILES string of the molecule is CS(=O)(=O)c1ccc(C(=O)Nc2cccc(-c3ccc(C(=O)N4CCCC4)cn3)c2)c(Cl)c1. The van der Waals surface area contributed by atoms with Gasteiger partial charge in [-0.2, -0.15) is 0 Å². The van der Waals surface area contributed by atoms with E-state index in [1.807, 2.05) is 11.0 Å². The molecule has 33 heavy (non-hydrogen) atoms. The number of anilines is 1. The number of hydrogen-bond donors (Lipinski definition) is 1. The predicted octanol–water partition coefficient (Wildman–Crippen LogP) is 4.29. The second-order valence-electron chi connectivity index (χ2n) is 7.88. The Kier molecular flexibility index (Phi) is 6.49. The molecule has 1 aliphatic rings. The molecule has 0 aliphatic carbocycles. The van der Waals surface area contributed by atoms with Gasteiger partial charge in [0.15, 0.2) is 9.84 Å². The summed E-state index contributed by atoms with van der Waals surface area (Å²) in [5, 5.41) is 2.82. The molecule has 2 amide bonds. The Morgan fingerprint density at radius 2 is 1.79 bits per heavy atom. The average Bonchev–Trinajstić information content (AvgIpc) is 3.33. The zero-order valence-electron chi connectivity index (χ0n) is 17.9. The van der Waals surface area contributed by atoms with Gasteiger partial charge in [-0.05, 0) is 55.3 Å². The van der Waals surface area contributed by atoms with Gasteiger partial charge >= 0.3 is 0 Å². The highest BCUT2D eigenvalue weighted by molar-refractivity contribution is 7.90. The first-order valence-corrected chi connectivity index (χ1v) is 12.7. The van der Waals surface area contributed by atoms with E-state index in [9.17, 15) is 18.0 Å². The van der Waals surface area contributed by atoms with Crippen LogP contribution in [0.5, 0.6) is 0 Å². The van der Waals surface area contributed by atoms with Crippen molar-refractivity contribution < 1.29 is 18.0 Å². The fourth-order valence-electron chi connectivity index (χ4n) is 3.66. The van der Waals surface area contributed by atoms with Crippen LogP contribution in [0.3, 0.4) is 0 Å². The molecule has 3 aromatic rings. The number of pyridine rings is 1. The number of amides is 2. The van der Waals surface area contributed by atoms with Crippen molar-refractivity contribution in [1.29, 1.82) is 0 Å². The lowest BCUT2D eigenvalue weighted by molar-refractivity contribution is 0.0792. The maximum absolute atomic E-state index is 12.7. The van der Waals surface area contributed by atoms with Gasteiger partial charge in [0.25, 0.3) is 11.8 Å². The number of nitrogens with zero attached hydrogens (tertiary/aromatic N) is 2. The van der Waals surface area contributed by atoms with Gasteiger partial charge in [0, 0.05) is 36.8 Å². The summed E-state index contributed by atoms with van der Waals surface area (Å²) in [5.41, 5.74) is 2.68. The summed E-state index contributed by atoms with van der Waals surface area (Å²) in [6, 6.07) is 14.7. The number of hydrogen-bond acceptors (Lipinski definition) is 5. The molecule has 0 spiro atoms. The highest BCUT2D eigenvalue weighted by atomic mass is 35.5. The number of carbonyl (C=O) groups is 2. The van der Waals surface area contributed by atoms with Gasteiger partial charge in [0.05, 0.1) is 26.7 Å². The fourth-order valence-corrected chi connectivity index (χ4v) is 4.64. The summed E-state index contributed by atoms with van der Waals surface area (Å²) in [5.74, 6) is -0.469. The smallest absolute Gasteiger partial charge is 0.257 e. The molecule has 1 N–H and O–H groups in total. The van der Waals surface area contributed by atoms with Crippen molar-refractivity contribution in [3.05, 3.63) is 76.9 Å². The first-order valence-electron chi connectivity index (χ1n) is 10.4. The first-order chi connectivity index (χ1) is 15.7. The predicted molar refractivity (Wildman–Crippen MR) is 127 cm³/mol. The molecular weight excluding hydrogens is 462 g/mol. The van der Waals surface area contributed by atoms with Crippen LogP contribution < -0.4 is 5.32 Å². The molecule has 1 aromatic heterocycles. The monoisotopic (exact) mass is 483 g/mol. The Balaban J connectivity index is 1.50. The molecule has 4 rings (SSSR count). The van der Waals surface area contributed by atoms with E-state index in [2.05, 4.69) is 10.3 Å². The molecule has 0 saturated carbocycles. The van der Waals surface area contributed by atoms with Crippen LogP contribution in [0.1, 0.15) is 33.6 Å². The van der Waals surface area contributed by atoms with Crippen LogP contribution in [0.2, 0.25) is 5.02 Å². The van der Waals surface area contributed by atoms with Crippen molar-refractivity contribution in [2.75, 3.05) is 24.7 Å². The van der Waals surface area contributed by atoms with E-state index >= 15 is 0 Å². The Morgan fingerprint density at radius 1 is 1.03 bits per heavy atom. The molecule has 0 radical (unpaired) electrons. The fraction of sp³-hybridized carbons (Fsp3) is 0.208. The maximum Gasteiger partial charge on any atom is 0.257 e. The molecule has 0 unspecified atom stereocenters. The third-order valence-electron chi connectivity index (χ3n) is 5.43. The van der Waals surface area contributed by atoms with Crippen molar-refractivity contribution >= 4 is 38.9 Å². The minimum absolute atomic E-state index is 0.00802. The highest BCUT2D eigenvalue weighted by Gasteiger charge is 2.20. The zero-order valence-corrected chi connectivity index (χ0v) is 19.5. The molecule has 170 valence electrons. The second-order valence-corrected chi connectivity index (χ2v) is 10.3. The molecule has 7 nitrogen and oxygen atoms in total. The number of nitrogens with one attached hydrogen (secondary N) is 1. The molecule has 2 aromatic carbocycles. The van der Waals surface area contributed by atoms with Crippen LogP contribution in [0.15, 0.2) is 65.7 Å². The number of halogens is 1. The highest BCUT2D eigenvalue weighted by Crippen LogP contribution is 2.25. The minimum atomic E-state index is -3.42. The molecule has 9 heteroatoms. The van der Waals surface area contributed by atoms with E-state index in [4.69, 9.17) is 11.6 Å².